The minimum absolute atomic E-state index is 0.248. The molecule has 0 bridgehead atoms. The third kappa shape index (κ3) is 3.75. The SMILES string of the molecule is COCc1c(C(=O)Nc2cccc(Oc3ccccc3)c2)oc2ccccc12. The molecular weight excluding hydrogens is 354 g/mol. The Kier molecular flexibility index (Phi) is 5.08. The van der Waals surface area contributed by atoms with Gasteiger partial charge in [-0.15, -0.1) is 0 Å². The van der Waals surface area contributed by atoms with Crippen LogP contribution >= 0.6 is 0 Å². The fourth-order valence-corrected chi connectivity index (χ4v) is 3.02. The van der Waals surface area contributed by atoms with Crippen molar-refractivity contribution in [1.29, 1.82) is 0 Å². The zero-order valence-corrected chi connectivity index (χ0v) is 15.3. The number of methoxy groups -OCH3 is 1. The van der Waals surface area contributed by atoms with Crippen LogP contribution in [0.3, 0.4) is 0 Å². The number of hydrogen-bond acceptors (Lipinski definition) is 4. The molecule has 1 amide bonds. The van der Waals surface area contributed by atoms with E-state index in [0.717, 1.165) is 16.7 Å². The molecule has 28 heavy (non-hydrogen) atoms. The third-order valence-electron chi connectivity index (χ3n) is 4.26. The molecule has 1 heterocycles. The van der Waals surface area contributed by atoms with Crippen LogP contribution in [0.1, 0.15) is 16.1 Å². The number of carbonyl (C=O) groups is 1. The molecule has 0 saturated heterocycles. The highest BCUT2D eigenvalue weighted by Crippen LogP contribution is 2.28. The number of furan rings is 1. The number of nitrogens with one attached hydrogen (secondary N) is 1. The molecule has 0 spiro atoms. The monoisotopic (exact) mass is 373 g/mol. The second-order valence-corrected chi connectivity index (χ2v) is 6.24. The van der Waals surface area contributed by atoms with Crippen molar-refractivity contribution in [2.75, 3.05) is 12.4 Å². The quantitative estimate of drug-likeness (QED) is 0.476. The largest absolute Gasteiger partial charge is 0.457 e. The molecule has 140 valence electrons. The summed E-state index contributed by atoms with van der Waals surface area (Å²) in [5.41, 5.74) is 2.00. The Bertz CT molecular complexity index is 1100. The van der Waals surface area contributed by atoms with Crippen molar-refractivity contribution in [2.45, 2.75) is 6.61 Å². The van der Waals surface area contributed by atoms with Gasteiger partial charge in [-0.2, -0.15) is 0 Å². The number of fused-ring (bicyclic) bond motifs is 1. The maximum absolute atomic E-state index is 12.8. The first-order valence-electron chi connectivity index (χ1n) is 8.88. The molecular formula is C23H19NO4. The lowest BCUT2D eigenvalue weighted by molar-refractivity contribution is 0.0992. The predicted molar refractivity (Wildman–Crippen MR) is 108 cm³/mol. The average molecular weight is 373 g/mol. The van der Waals surface area contributed by atoms with Gasteiger partial charge in [0.1, 0.15) is 17.1 Å². The molecule has 4 rings (SSSR count). The first kappa shape index (κ1) is 17.8. The van der Waals surface area contributed by atoms with E-state index in [1.807, 2.05) is 66.7 Å². The van der Waals surface area contributed by atoms with E-state index in [0.29, 0.717) is 17.0 Å². The maximum Gasteiger partial charge on any atom is 0.291 e. The van der Waals surface area contributed by atoms with Crippen molar-refractivity contribution in [2.24, 2.45) is 0 Å². The molecule has 3 aromatic carbocycles. The Labute approximate surface area is 162 Å². The van der Waals surface area contributed by atoms with Crippen molar-refractivity contribution in [3.63, 3.8) is 0 Å². The average Bonchev–Trinajstić information content (AvgIpc) is 3.08. The van der Waals surface area contributed by atoms with Crippen molar-refractivity contribution < 1.29 is 18.7 Å². The van der Waals surface area contributed by atoms with Gasteiger partial charge in [-0.1, -0.05) is 42.5 Å². The second kappa shape index (κ2) is 7.98. The highest BCUT2D eigenvalue weighted by molar-refractivity contribution is 6.06. The smallest absolute Gasteiger partial charge is 0.291 e. The molecule has 0 aliphatic heterocycles. The van der Waals surface area contributed by atoms with E-state index in [1.54, 1.807) is 19.2 Å². The zero-order chi connectivity index (χ0) is 19.3. The summed E-state index contributed by atoms with van der Waals surface area (Å²) in [5.74, 6) is 1.27. The van der Waals surface area contributed by atoms with Gasteiger partial charge in [-0.05, 0) is 30.3 Å². The van der Waals surface area contributed by atoms with Crippen LogP contribution in [0.15, 0.2) is 83.3 Å². The second-order valence-electron chi connectivity index (χ2n) is 6.24. The Morgan fingerprint density at radius 1 is 0.929 bits per heavy atom. The van der Waals surface area contributed by atoms with Crippen LogP contribution in [0, 0.1) is 0 Å². The van der Waals surface area contributed by atoms with Crippen LogP contribution in [-0.4, -0.2) is 13.0 Å². The molecule has 0 unspecified atom stereocenters. The lowest BCUT2D eigenvalue weighted by Crippen LogP contribution is -2.13. The van der Waals surface area contributed by atoms with E-state index in [2.05, 4.69) is 5.32 Å². The number of benzene rings is 3. The molecule has 4 aromatic rings. The zero-order valence-electron chi connectivity index (χ0n) is 15.3. The van der Waals surface area contributed by atoms with E-state index in [4.69, 9.17) is 13.9 Å². The predicted octanol–water partition coefficient (Wildman–Crippen LogP) is 5.62. The number of rotatable bonds is 6. The van der Waals surface area contributed by atoms with E-state index >= 15 is 0 Å². The van der Waals surface area contributed by atoms with Gasteiger partial charge in [-0.25, -0.2) is 0 Å². The molecule has 0 aliphatic rings. The highest BCUT2D eigenvalue weighted by atomic mass is 16.5. The minimum Gasteiger partial charge on any atom is -0.457 e. The van der Waals surface area contributed by atoms with Crippen LogP contribution in [-0.2, 0) is 11.3 Å². The first-order valence-corrected chi connectivity index (χ1v) is 8.88. The molecule has 0 radical (unpaired) electrons. The van der Waals surface area contributed by atoms with Crippen LogP contribution in [0.5, 0.6) is 11.5 Å². The molecule has 0 aliphatic carbocycles. The van der Waals surface area contributed by atoms with Crippen molar-refractivity contribution >= 4 is 22.6 Å². The normalized spacial score (nSPS) is 10.8. The fourth-order valence-electron chi connectivity index (χ4n) is 3.02. The van der Waals surface area contributed by atoms with Crippen LogP contribution in [0.2, 0.25) is 0 Å². The number of amides is 1. The minimum atomic E-state index is -0.333. The molecule has 5 heteroatoms. The number of carbonyl (C=O) groups excluding carboxylic acids is 1. The summed E-state index contributed by atoms with van der Waals surface area (Å²) in [4.78, 5) is 12.8. The summed E-state index contributed by atoms with van der Waals surface area (Å²) >= 11 is 0. The summed E-state index contributed by atoms with van der Waals surface area (Å²) in [5, 5.41) is 3.75. The van der Waals surface area contributed by atoms with Gasteiger partial charge < -0.3 is 19.2 Å². The van der Waals surface area contributed by atoms with Crippen LogP contribution < -0.4 is 10.1 Å². The number of ether oxygens (including phenoxy) is 2. The summed E-state index contributed by atoms with van der Waals surface area (Å²) in [6, 6.07) is 24.2. The van der Waals surface area contributed by atoms with Gasteiger partial charge >= 0.3 is 0 Å². The van der Waals surface area contributed by atoms with Crippen LogP contribution in [0.25, 0.3) is 11.0 Å². The molecule has 5 nitrogen and oxygen atoms in total. The third-order valence-corrected chi connectivity index (χ3v) is 4.26. The van der Waals surface area contributed by atoms with Gasteiger partial charge in [0.15, 0.2) is 5.76 Å². The standard InChI is InChI=1S/C23H19NO4/c1-26-15-20-19-12-5-6-13-21(19)28-22(20)23(25)24-16-8-7-11-18(14-16)27-17-9-3-2-4-10-17/h2-14H,15H2,1H3,(H,24,25). The Hall–Kier alpha value is -3.57. The maximum atomic E-state index is 12.8. The van der Waals surface area contributed by atoms with E-state index in [9.17, 15) is 4.79 Å². The number of anilines is 1. The van der Waals surface area contributed by atoms with E-state index < -0.39 is 0 Å². The Balaban J connectivity index is 1.58. The molecule has 1 N–H and O–H groups in total. The van der Waals surface area contributed by atoms with Crippen molar-refractivity contribution in [1.82, 2.24) is 0 Å². The molecule has 0 saturated carbocycles. The van der Waals surface area contributed by atoms with Gasteiger partial charge in [0, 0.05) is 29.8 Å². The highest BCUT2D eigenvalue weighted by Gasteiger charge is 2.20. The summed E-state index contributed by atoms with van der Waals surface area (Å²) in [7, 11) is 1.59. The van der Waals surface area contributed by atoms with Gasteiger partial charge in [-0.3, -0.25) is 4.79 Å². The number of hydrogen-bond donors (Lipinski definition) is 1. The molecule has 0 atom stereocenters. The molecule has 0 fully saturated rings. The topological polar surface area (TPSA) is 60.7 Å². The van der Waals surface area contributed by atoms with E-state index in [1.165, 1.54) is 0 Å². The summed E-state index contributed by atoms with van der Waals surface area (Å²) < 4.78 is 16.9. The lowest BCUT2D eigenvalue weighted by Gasteiger charge is -2.09. The van der Waals surface area contributed by atoms with E-state index in [-0.39, 0.29) is 18.3 Å². The van der Waals surface area contributed by atoms with Gasteiger partial charge in [0.25, 0.3) is 5.91 Å². The van der Waals surface area contributed by atoms with Crippen molar-refractivity contribution in [3.8, 4) is 11.5 Å². The lowest BCUT2D eigenvalue weighted by atomic mass is 10.1. The first-order chi connectivity index (χ1) is 13.7. The van der Waals surface area contributed by atoms with Gasteiger partial charge in [0.2, 0.25) is 0 Å². The Morgan fingerprint density at radius 2 is 1.68 bits per heavy atom. The van der Waals surface area contributed by atoms with Crippen molar-refractivity contribution in [3.05, 3.63) is 90.2 Å². The summed E-state index contributed by atoms with van der Waals surface area (Å²) in [6.07, 6.45) is 0. The Morgan fingerprint density at radius 3 is 2.50 bits per heavy atom. The fraction of sp³-hybridized carbons (Fsp3) is 0.0870. The molecule has 1 aromatic heterocycles. The number of para-hydroxylation sites is 2. The van der Waals surface area contributed by atoms with Crippen LogP contribution in [0.4, 0.5) is 5.69 Å². The summed E-state index contributed by atoms with van der Waals surface area (Å²) in [6.45, 7) is 0.289. The van der Waals surface area contributed by atoms with Gasteiger partial charge in [0.05, 0.1) is 6.61 Å².